The van der Waals surface area contributed by atoms with Gasteiger partial charge in [-0.1, -0.05) is 0 Å². The molecule has 0 aliphatic rings. The second kappa shape index (κ2) is 5.65. The summed E-state index contributed by atoms with van der Waals surface area (Å²) in [5.74, 6) is -0.147. The standard InChI is InChI=1S/C15H13BrN4O/c1-2-20-9-10(16)7-14(20)15(21)19-11-3-4-12-13(8-11)18-6-5-17-12/h3-9H,2H2,1H3,(H,19,21). The number of fused-ring (bicyclic) bond motifs is 1. The van der Waals surface area contributed by atoms with Gasteiger partial charge in [-0.25, -0.2) is 0 Å². The van der Waals surface area contributed by atoms with Crippen LogP contribution in [0.5, 0.6) is 0 Å². The molecule has 6 heteroatoms. The van der Waals surface area contributed by atoms with E-state index in [0.717, 1.165) is 22.1 Å². The molecule has 0 aliphatic heterocycles. The van der Waals surface area contributed by atoms with E-state index >= 15 is 0 Å². The van der Waals surface area contributed by atoms with Gasteiger partial charge in [-0.05, 0) is 47.1 Å². The van der Waals surface area contributed by atoms with E-state index in [1.54, 1.807) is 18.5 Å². The van der Waals surface area contributed by atoms with E-state index in [4.69, 9.17) is 0 Å². The summed E-state index contributed by atoms with van der Waals surface area (Å²) in [5, 5.41) is 2.89. The predicted molar refractivity (Wildman–Crippen MR) is 85.3 cm³/mol. The summed E-state index contributed by atoms with van der Waals surface area (Å²) in [5.41, 5.74) is 2.87. The molecule has 0 atom stereocenters. The van der Waals surface area contributed by atoms with Gasteiger partial charge in [0.25, 0.3) is 5.91 Å². The van der Waals surface area contributed by atoms with Crippen LogP contribution in [0, 0.1) is 0 Å². The third-order valence-corrected chi connectivity index (χ3v) is 3.60. The van der Waals surface area contributed by atoms with Crippen LogP contribution in [0.2, 0.25) is 0 Å². The van der Waals surface area contributed by atoms with E-state index in [-0.39, 0.29) is 5.91 Å². The number of hydrogen-bond donors (Lipinski definition) is 1. The van der Waals surface area contributed by atoms with Gasteiger partial charge in [-0.2, -0.15) is 0 Å². The highest BCUT2D eigenvalue weighted by molar-refractivity contribution is 9.10. The first kappa shape index (κ1) is 13.8. The van der Waals surface area contributed by atoms with Crippen molar-refractivity contribution in [2.24, 2.45) is 0 Å². The molecule has 0 aliphatic carbocycles. The summed E-state index contributed by atoms with van der Waals surface area (Å²) in [6, 6.07) is 7.28. The smallest absolute Gasteiger partial charge is 0.272 e. The van der Waals surface area contributed by atoms with Crippen LogP contribution in [0.15, 0.2) is 47.3 Å². The SMILES string of the molecule is CCn1cc(Br)cc1C(=O)Nc1ccc2nccnc2c1. The first-order valence-electron chi connectivity index (χ1n) is 6.55. The molecule has 0 saturated heterocycles. The van der Waals surface area contributed by atoms with Crippen molar-refractivity contribution in [2.75, 3.05) is 5.32 Å². The van der Waals surface area contributed by atoms with Crippen molar-refractivity contribution < 1.29 is 4.79 Å². The van der Waals surface area contributed by atoms with Crippen molar-refractivity contribution in [1.29, 1.82) is 0 Å². The summed E-state index contributed by atoms with van der Waals surface area (Å²) in [6.07, 6.45) is 5.17. The fourth-order valence-electron chi connectivity index (χ4n) is 2.16. The highest BCUT2D eigenvalue weighted by Crippen LogP contribution is 2.19. The molecular weight excluding hydrogens is 332 g/mol. The summed E-state index contributed by atoms with van der Waals surface area (Å²) < 4.78 is 2.78. The molecule has 0 unspecified atom stereocenters. The largest absolute Gasteiger partial charge is 0.343 e. The molecular formula is C15H13BrN4O. The zero-order chi connectivity index (χ0) is 14.8. The predicted octanol–water partition coefficient (Wildman–Crippen LogP) is 3.47. The maximum Gasteiger partial charge on any atom is 0.272 e. The van der Waals surface area contributed by atoms with Gasteiger partial charge in [-0.3, -0.25) is 14.8 Å². The summed E-state index contributed by atoms with van der Waals surface area (Å²) in [6.45, 7) is 2.73. The van der Waals surface area contributed by atoms with Crippen molar-refractivity contribution in [3.05, 3.63) is 53.0 Å². The number of nitrogens with zero attached hydrogens (tertiary/aromatic N) is 3. The van der Waals surface area contributed by atoms with E-state index in [1.807, 2.05) is 35.9 Å². The van der Waals surface area contributed by atoms with E-state index in [2.05, 4.69) is 31.2 Å². The second-order valence-electron chi connectivity index (χ2n) is 4.54. The van der Waals surface area contributed by atoms with Crippen LogP contribution in [0.1, 0.15) is 17.4 Å². The number of rotatable bonds is 3. The minimum atomic E-state index is -0.147. The molecule has 1 N–H and O–H groups in total. The number of nitrogens with one attached hydrogen (secondary N) is 1. The summed E-state index contributed by atoms with van der Waals surface area (Å²) in [7, 11) is 0. The third kappa shape index (κ3) is 2.80. The van der Waals surface area contributed by atoms with Crippen LogP contribution < -0.4 is 5.32 Å². The summed E-state index contributed by atoms with van der Waals surface area (Å²) >= 11 is 3.39. The van der Waals surface area contributed by atoms with E-state index in [1.165, 1.54) is 0 Å². The number of hydrogen-bond acceptors (Lipinski definition) is 3. The maximum atomic E-state index is 12.4. The van der Waals surface area contributed by atoms with E-state index in [9.17, 15) is 4.79 Å². The van der Waals surface area contributed by atoms with Crippen LogP contribution in [-0.2, 0) is 6.54 Å². The zero-order valence-corrected chi connectivity index (χ0v) is 13.0. The summed E-state index contributed by atoms with van der Waals surface area (Å²) in [4.78, 5) is 20.8. The van der Waals surface area contributed by atoms with Crippen LogP contribution >= 0.6 is 15.9 Å². The Morgan fingerprint density at radius 2 is 2.00 bits per heavy atom. The Balaban J connectivity index is 1.88. The Morgan fingerprint density at radius 1 is 1.24 bits per heavy atom. The topological polar surface area (TPSA) is 59.8 Å². The van der Waals surface area contributed by atoms with Crippen molar-refractivity contribution in [3.8, 4) is 0 Å². The molecule has 2 aromatic heterocycles. The van der Waals surface area contributed by atoms with Crippen LogP contribution in [0.3, 0.4) is 0 Å². The van der Waals surface area contributed by atoms with Crippen molar-refractivity contribution in [3.63, 3.8) is 0 Å². The molecule has 0 saturated carbocycles. The van der Waals surface area contributed by atoms with Gasteiger partial charge in [0.1, 0.15) is 5.69 Å². The van der Waals surface area contributed by atoms with Gasteiger partial charge >= 0.3 is 0 Å². The number of amides is 1. The average Bonchev–Trinajstić information content (AvgIpc) is 2.88. The minimum absolute atomic E-state index is 0.147. The molecule has 0 fully saturated rings. The molecule has 3 aromatic rings. The van der Waals surface area contributed by atoms with Crippen LogP contribution in [0.25, 0.3) is 11.0 Å². The fraction of sp³-hybridized carbons (Fsp3) is 0.133. The molecule has 0 bridgehead atoms. The lowest BCUT2D eigenvalue weighted by molar-refractivity contribution is 0.101. The second-order valence-corrected chi connectivity index (χ2v) is 5.46. The Morgan fingerprint density at radius 3 is 2.76 bits per heavy atom. The number of carbonyl (C=O) groups is 1. The Hall–Kier alpha value is -2.21. The number of halogens is 1. The normalized spacial score (nSPS) is 10.8. The lowest BCUT2D eigenvalue weighted by atomic mass is 10.2. The fourth-order valence-corrected chi connectivity index (χ4v) is 2.63. The van der Waals surface area contributed by atoms with Crippen LogP contribution in [-0.4, -0.2) is 20.4 Å². The van der Waals surface area contributed by atoms with E-state index < -0.39 is 0 Å². The third-order valence-electron chi connectivity index (χ3n) is 3.16. The monoisotopic (exact) mass is 344 g/mol. The highest BCUT2D eigenvalue weighted by atomic mass is 79.9. The first-order valence-corrected chi connectivity index (χ1v) is 7.34. The average molecular weight is 345 g/mol. The van der Waals surface area contributed by atoms with Crippen molar-refractivity contribution in [1.82, 2.24) is 14.5 Å². The van der Waals surface area contributed by atoms with Gasteiger partial charge in [0.2, 0.25) is 0 Å². The number of aromatic nitrogens is 3. The van der Waals surface area contributed by atoms with Crippen molar-refractivity contribution >= 4 is 38.6 Å². The number of aryl methyl sites for hydroxylation is 1. The molecule has 1 amide bonds. The Kier molecular flexibility index (Phi) is 3.70. The van der Waals surface area contributed by atoms with Gasteiger partial charge < -0.3 is 9.88 Å². The zero-order valence-electron chi connectivity index (χ0n) is 11.4. The van der Waals surface area contributed by atoms with Gasteiger partial charge in [0, 0.05) is 35.3 Å². The lowest BCUT2D eigenvalue weighted by Crippen LogP contribution is -2.16. The molecule has 106 valence electrons. The van der Waals surface area contributed by atoms with E-state index in [0.29, 0.717) is 11.4 Å². The molecule has 21 heavy (non-hydrogen) atoms. The first-order chi connectivity index (χ1) is 10.2. The molecule has 2 heterocycles. The highest BCUT2D eigenvalue weighted by Gasteiger charge is 2.12. The lowest BCUT2D eigenvalue weighted by Gasteiger charge is -2.08. The quantitative estimate of drug-likeness (QED) is 0.791. The Bertz CT molecular complexity index is 812. The Labute approximate surface area is 130 Å². The molecule has 0 spiro atoms. The molecule has 3 rings (SSSR count). The molecule has 1 aromatic carbocycles. The molecule has 5 nitrogen and oxygen atoms in total. The molecule has 0 radical (unpaired) electrons. The number of anilines is 1. The van der Waals surface area contributed by atoms with Gasteiger partial charge in [0.15, 0.2) is 0 Å². The maximum absolute atomic E-state index is 12.4. The van der Waals surface area contributed by atoms with Crippen LogP contribution in [0.4, 0.5) is 5.69 Å². The number of carbonyl (C=O) groups excluding carboxylic acids is 1. The minimum Gasteiger partial charge on any atom is -0.343 e. The van der Waals surface area contributed by atoms with Gasteiger partial charge in [0.05, 0.1) is 11.0 Å². The van der Waals surface area contributed by atoms with Crippen molar-refractivity contribution in [2.45, 2.75) is 13.5 Å². The number of benzene rings is 1. The van der Waals surface area contributed by atoms with Gasteiger partial charge in [-0.15, -0.1) is 0 Å².